The van der Waals surface area contributed by atoms with Gasteiger partial charge in [0, 0.05) is 12.7 Å². The average molecular weight is 283 g/mol. The van der Waals surface area contributed by atoms with Gasteiger partial charge in [-0.2, -0.15) is 10.1 Å². The molecule has 0 aliphatic heterocycles. The van der Waals surface area contributed by atoms with E-state index < -0.39 is 0 Å². The first-order valence-electron chi connectivity index (χ1n) is 4.92. The smallest absolute Gasteiger partial charge is 0.224 e. The van der Waals surface area contributed by atoms with Crippen molar-refractivity contribution in [3.8, 4) is 5.82 Å². The summed E-state index contributed by atoms with van der Waals surface area (Å²) >= 11 is 3.38. The van der Waals surface area contributed by atoms with Gasteiger partial charge in [0.2, 0.25) is 5.95 Å². The van der Waals surface area contributed by atoms with Gasteiger partial charge in [0.25, 0.3) is 0 Å². The molecule has 7 heteroatoms. The third-order valence-corrected chi connectivity index (χ3v) is 2.45. The molecule has 0 saturated heterocycles. The maximum Gasteiger partial charge on any atom is 0.224 e. The Balaban J connectivity index is 2.30. The lowest BCUT2D eigenvalue weighted by molar-refractivity contribution is 0.829. The molecular weight excluding hydrogens is 272 g/mol. The van der Waals surface area contributed by atoms with Crippen LogP contribution in [0.3, 0.4) is 0 Å². The molecule has 0 fully saturated rings. The van der Waals surface area contributed by atoms with Gasteiger partial charge in [0.05, 0.1) is 4.47 Å². The largest absolute Gasteiger partial charge is 0.354 e. The van der Waals surface area contributed by atoms with Crippen molar-refractivity contribution in [1.29, 1.82) is 0 Å². The van der Waals surface area contributed by atoms with Crippen molar-refractivity contribution < 1.29 is 0 Å². The fraction of sp³-hybridized carbons (Fsp3) is 0.333. The Kier molecular flexibility index (Phi) is 3.45. The van der Waals surface area contributed by atoms with Gasteiger partial charge in [-0.05, 0) is 22.4 Å². The van der Waals surface area contributed by atoms with Crippen LogP contribution >= 0.6 is 15.9 Å². The van der Waals surface area contributed by atoms with Crippen LogP contribution in [0.2, 0.25) is 0 Å². The Labute approximate surface area is 101 Å². The van der Waals surface area contributed by atoms with Crippen LogP contribution in [0, 0.1) is 0 Å². The summed E-state index contributed by atoms with van der Waals surface area (Å²) in [6.45, 7) is 2.93. The molecule has 0 atom stereocenters. The molecule has 6 nitrogen and oxygen atoms in total. The van der Waals surface area contributed by atoms with Gasteiger partial charge in [-0.1, -0.05) is 6.92 Å². The van der Waals surface area contributed by atoms with Gasteiger partial charge >= 0.3 is 0 Å². The van der Waals surface area contributed by atoms with Crippen molar-refractivity contribution in [2.75, 3.05) is 11.9 Å². The molecule has 84 valence electrons. The standard InChI is InChI=1S/C9H11BrN6/c1-2-3-12-9-13-4-7(10)8(15-9)16-6-11-5-14-16/h4-6H,2-3H2,1H3,(H,12,13,15). The molecule has 0 aliphatic rings. The molecule has 0 aromatic carbocycles. The summed E-state index contributed by atoms with van der Waals surface area (Å²) in [7, 11) is 0. The van der Waals surface area contributed by atoms with Gasteiger partial charge < -0.3 is 5.32 Å². The van der Waals surface area contributed by atoms with Gasteiger partial charge in [-0.25, -0.2) is 14.6 Å². The Hall–Kier alpha value is -1.50. The van der Waals surface area contributed by atoms with E-state index in [-0.39, 0.29) is 0 Å². The van der Waals surface area contributed by atoms with E-state index in [1.165, 1.54) is 6.33 Å². The number of anilines is 1. The molecule has 0 saturated carbocycles. The highest BCUT2D eigenvalue weighted by molar-refractivity contribution is 9.10. The van der Waals surface area contributed by atoms with E-state index in [0.29, 0.717) is 11.8 Å². The average Bonchev–Trinajstić information content (AvgIpc) is 2.81. The maximum absolute atomic E-state index is 4.34. The van der Waals surface area contributed by atoms with Crippen molar-refractivity contribution in [2.24, 2.45) is 0 Å². The van der Waals surface area contributed by atoms with Crippen LogP contribution < -0.4 is 5.32 Å². The van der Waals surface area contributed by atoms with E-state index in [2.05, 4.69) is 48.2 Å². The molecular formula is C9H11BrN6. The fourth-order valence-electron chi connectivity index (χ4n) is 1.16. The van der Waals surface area contributed by atoms with Crippen LogP contribution in [-0.2, 0) is 0 Å². The molecule has 2 heterocycles. The third-order valence-electron chi connectivity index (χ3n) is 1.89. The number of aromatic nitrogens is 5. The van der Waals surface area contributed by atoms with E-state index in [1.807, 2.05) is 0 Å². The van der Waals surface area contributed by atoms with Gasteiger partial charge in [-0.15, -0.1) is 0 Å². The highest BCUT2D eigenvalue weighted by Gasteiger charge is 2.07. The van der Waals surface area contributed by atoms with Crippen molar-refractivity contribution in [3.05, 3.63) is 23.3 Å². The second-order valence-electron chi connectivity index (χ2n) is 3.13. The van der Waals surface area contributed by atoms with Crippen LogP contribution in [0.15, 0.2) is 23.3 Å². The van der Waals surface area contributed by atoms with Crippen molar-refractivity contribution in [2.45, 2.75) is 13.3 Å². The van der Waals surface area contributed by atoms with E-state index in [9.17, 15) is 0 Å². The van der Waals surface area contributed by atoms with Gasteiger partial charge in [0.1, 0.15) is 12.7 Å². The first-order chi connectivity index (χ1) is 7.81. The van der Waals surface area contributed by atoms with E-state index in [0.717, 1.165) is 17.4 Å². The van der Waals surface area contributed by atoms with E-state index in [1.54, 1.807) is 17.2 Å². The molecule has 16 heavy (non-hydrogen) atoms. The third kappa shape index (κ3) is 2.35. The number of nitrogens with one attached hydrogen (secondary N) is 1. The summed E-state index contributed by atoms with van der Waals surface area (Å²) in [5, 5.41) is 7.15. The molecule has 0 bridgehead atoms. The monoisotopic (exact) mass is 282 g/mol. The van der Waals surface area contributed by atoms with Crippen LogP contribution in [0.1, 0.15) is 13.3 Å². The molecule has 0 radical (unpaired) electrons. The van der Waals surface area contributed by atoms with Gasteiger partial charge in [-0.3, -0.25) is 0 Å². The highest BCUT2D eigenvalue weighted by Crippen LogP contribution is 2.17. The molecule has 2 aromatic heterocycles. The lowest BCUT2D eigenvalue weighted by Crippen LogP contribution is -2.07. The number of halogens is 1. The molecule has 0 aliphatic carbocycles. The van der Waals surface area contributed by atoms with Crippen LogP contribution in [0.5, 0.6) is 0 Å². The summed E-state index contributed by atoms with van der Waals surface area (Å²) in [5.41, 5.74) is 0. The minimum atomic E-state index is 0.593. The number of nitrogens with zero attached hydrogens (tertiary/aromatic N) is 5. The Morgan fingerprint density at radius 2 is 2.38 bits per heavy atom. The number of rotatable bonds is 4. The Morgan fingerprint density at radius 1 is 1.50 bits per heavy atom. The second-order valence-corrected chi connectivity index (χ2v) is 3.99. The number of hydrogen-bond donors (Lipinski definition) is 1. The molecule has 1 N–H and O–H groups in total. The van der Waals surface area contributed by atoms with E-state index in [4.69, 9.17) is 0 Å². The summed E-state index contributed by atoms with van der Waals surface area (Å²) in [6.07, 6.45) is 5.78. The van der Waals surface area contributed by atoms with Crippen LogP contribution in [-0.4, -0.2) is 31.3 Å². The number of hydrogen-bond acceptors (Lipinski definition) is 5. The van der Waals surface area contributed by atoms with E-state index >= 15 is 0 Å². The Bertz CT molecular complexity index is 455. The maximum atomic E-state index is 4.34. The van der Waals surface area contributed by atoms with Gasteiger partial charge in [0.15, 0.2) is 5.82 Å². The molecule has 0 unspecified atom stereocenters. The summed E-state index contributed by atoms with van der Waals surface area (Å²) < 4.78 is 2.36. The predicted octanol–water partition coefficient (Wildman–Crippen LogP) is 1.64. The van der Waals surface area contributed by atoms with Crippen molar-refractivity contribution >= 4 is 21.9 Å². The fourth-order valence-corrected chi connectivity index (χ4v) is 1.53. The summed E-state index contributed by atoms with van der Waals surface area (Å²) in [6, 6.07) is 0. The quantitative estimate of drug-likeness (QED) is 0.923. The first-order valence-corrected chi connectivity index (χ1v) is 5.72. The minimum Gasteiger partial charge on any atom is -0.354 e. The lowest BCUT2D eigenvalue weighted by atomic mass is 10.5. The normalized spacial score (nSPS) is 10.4. The SMILES string of the molecule is CCCNc1ncc(Br)c(-n2cncn2)n1. The second kappa shape index (κ2) is 5.02. The topological polar surface area (TPSA) is 68.5 Å². The minimum absolute atomic E-state index is 0.593. The molecule has 2 aromatic rings. The first kappa shape index (κ1) is 11.0. The highest BCUT2D eigenvalue weighted by atomic mass is 79.9. The zero-order chi connectivity index (χ0) is 11.4. The molecule has 2 rings (SSSR count). The Morgan fingerprint density at radius 3 is 3.06 bits per heavy atom. The van der Waals surface area contributed by atoms with Crippen molar-refractivity contribution in [1.82, 2.24) is 24.7 Å². The lowest BCUT2D eigenvalue weighted by Gasteiger charge is -2.06. The van der Waals surface area contributed by atoms with Crippen molar-refractivity contribution in [3.63, 3.8) is 0 Å². The predicted molar refractivity (Wildman–Crippen MR) is 63.4 cm³/mol. The molecule has 0 amide bonds. The molecule has 0 spiro atoms. The zero-order valence-corrected chi connectivity index (χ0v) is 10.3. The summed E-state index contributed by atoms with van der Waals surface area (Å²) in [5.74, 6) is 1.27. The zero-order valence-electron chi connectivity index (χ0n) is 8.76. The summed E-state index contributed by atoms with van der Waals surface area (Å²) in [4.78, 5) is 12.4. The van der Waals surface area contributed by atoms with Crippen LogP contribution in [0.4, 0.5) is 5.95 Å². The van der Waals surface area contributed by atoms with Crippen LogP contribution in [0.25, 0.3) is 5.82 Å².